The van der Waals surface area contributed by atoms with Crippen molar-refractivity contribution >= 4 is 5.69 Å². The summed E-state index contributed by atoms with van der Waals surface area (Å²) in [5.74, 6) is 0.731. The standard InChI is InChI=1S/C18H32N2/c1-6-18(7-2)20(14-15(3)4)13-12-19-17-10-8-16(5)9-11-17/h8-11,15,18-19H,6-7,12-14H2,1-5H3. The van der Waals surface area contributed by atoms with E-state index >= 15 is 0 Å². The van der Waals surface area contributed by atoms with E-state index < -0.39 is 0 Å². The molecule has 1 rings (SSSR count). The number of aryl methyl sites for hydroxylation is 1. The van der Waals surface area contributed by atoms with Crippen LogP contribution in [0.25, 0.3) is 0 Å². The summed E-state index contributed by atoms with van der Waals surface area (Å²) in [6.45, 7) is 14.7. The first-order chi connectivity index (χ1) is 9.56. The fourth-order valence-corrected chi connectivity index (χ4v) is 2.71. The molecule has 2 nitrogen and oxygen atoms in total. The Balaban J connectivity index is 2.46. The van der Waals surface area contributed by atoms with Gasteiger partial charge in [0.15, 0.2) is 0 Å². The number of hydrogen-bond donors (Lipinski definition) is 1. The Bertz CT molecular complexity index is 352. The van der Waals surface area contributed by atoms with Gasteiger partial charge in [0, 0.05) is 31.4 Å². The van der Waals surface area contributed by atoms with Crippen LogP contribution in [-0.2, 0) is 0 Å². The first-order valence-electron chi connectivity index (χ1n) is 8.11. The molecule has 0 amide bonds. The molecule has 0 atom stereocenters. The molecule has 0 unspecified atom stereocenters. The van der Waals surface area contributed by atoms with Crippen molar-refractivity contribution in [1.82, 2.24) is 4.90 Å². The van der Waals surface area contributed by atoms with Gasteiger partial charge in [-0.05, 0) is 37.8 Å². The Labute approximate surface area is 125 Å². The first kappa shape index (κ1) is 17.0. The van der Waals surface area contributed by atoms with Crippen LogP contribution >= 0.6 is 0 Å². The van der Waals surface area contributed by atoms with E-state index in [1.54, 1.807) is 0 Å². The molecule has 1 aromatic rings. The minimum absolute atomic E-state index is 0.720. The lowest BCUT2D eigenvalue weighted by molar-refractivity contribution is 0.172. The second-order valence-electron chi connectivity index (χ2n) is 6.15. The Morgan fingerprint density at radius 2 is 1.65 bits per heavy atom. The lowest BCUT2D eigenvalue weighted by Gasteiger charge is -2.32. The monoisotopic (exact) mass is 276 g/mol. The van der Waals surface area contributed by atoms with Gasteiger partial charge in [0.05, 0.1) is 0 Å². The van der Waals surface area contributed by atoms with Gasteiger partial charge in [-0.25, -0.2) is 0 Å². The number of anilines is 1. The number of benzene rings is 1. The van der Waals surface area contributed by atoms with Gasteiger partial charge in [-0.2, -0.15) is 0 Å². The maximum atomic E-state index is 3.54. The van der Waals surface area contributed by atoms with Gasteiger partial charge in [0.25, 0.3) is 0 Å². The van der Waals surface area contributed by atoms with Crippen LogP contribution in [0.1, 0.15) is 46.1 Å². The SMILES string of the molecule is CCC(CC)N(CCNc1ccc(C)cc1)CC(C)C. The molecular formula is C18H32N2. The van der Waals surface area contributed by atoms with Crippen molar-refractivity contribution in [3.8, 4) is 0 Å². The van der Waals surface area contributed by atoms with Crippen LogP contribution < -0.4 is 5.32 Å². The summed E-state index contributed by atoms with van der Waals surface area (Å²) in [6, 6.07) is 9.38. The van der Waals surface area contributed by atoms with Crippen molar-refractivity contribution in [2.75, 3.05) is 25.0 Å². The van der Waals surface area contributed by atoms with Crippen molar-refractivity contribution in [3.05, 3.63) is 29.8 Å². The Hall–Kier alpha value is -1.02. The van der Waals surface area contributed by atoms with Crippen LogP contribution in [-0.4, -0.2) is 30.6 Å². The third kappa shape index (κ3) is 5.96. The van der Waals surface area contributed by atoms with Crippen molar-refractivity contribution in [1.29, 1.82) is 0 Å². The predicted octanol–water partition coefficient (Wildman–Crippen LogP) is 4.55. The molecule has 0 aromatic heterocycles. The normalized spacial score (nSPS) is 11.6. The zero-order chi connectivity index (χ0) is 15.0. The topological polar surface area (TPSA) is 15.3 Å². The molecule has 0 fully saturated rings. The highest BCUT2D eigenvalue weighted by Gasteiger charge is 2.15. The molecule has 0 bridgehead atoms. The maximum absolute atomic E-state index is 3.54. The van der Waals surface area contributed by atoms with Gasteiger partial charge in [-0.15, -0.1) is 0 Å². The van der Waals surface area contributed by atoms with E-state index in [1.807, 2.05) is 0 Å². The summed E-state index contributed by atoms with van der Waals surface area (Å²) in [6.07, 6.45) is 2.49. The smallest absolute Gasteiger partial charge is 0.0340 e. The summed E-state index contributed by atoms with van der Waals surface area (Å²) >= 11 is 0. The molecule has 2 heteroatoms. The second-order valence-corrected chi connectivity index (χ2v) is 6.15. The lowest BCUT2D eigenvalue weighted by Crippen LogP contribution is -2.40. The number of nitrogens with zero attached hydrogens (tertiary/aromatic N) is 1. The molecule has 0 saturated carbocycles. The molecule has 0 saturated heterocycles. The van der Waals surface area contributed by atoms with E-state index in [4.69, 9.17) is 0 Å². The van der Waals surface area contributed by atoms with Crippen LogP contribution in [0.15, 0.2) is 24.3 Å². The van der Waals surface area contributed by atoms with E-state index in [1.165, 1.54) is 30.6 Å². The molecular weight excluding hydrogens is 244 g/mol. The highest BCUT2D eigenvalue weighted by molar-refractivity contribution is 5.44. The van der Waals surface area contributed by atoms with Crippen LogP contribution in [0.4, 0.5) is 5.69 Å². The summed E-state index contributed by atoms with van der Waals surface area (Å²) in [5.41, 5.74) is 2.54. The van der Waals surface area contributed by atoms with Crippen molar-refractivity contribution in [3.63, 3.8) is 0 Å². The van der Waals surface area contributed by atoms with E-state index in [2.05, 4.69) is 69.1 Å². The quantitative estimate of drug-likeness (QED) is 0.711. The number of nitrogens with one attached hydrogen (secondary N) is 1. The summed E-state index contributed by atoms with van der Waals surface area (Å²) in [7, 11) is 0. The maximum Gasteiger partial charge on any atom is 0.0340 e. The van der Waals surface area contributed by atoms with Gasteiger partial charge in [0.2, 0.25) is 0 Å². The molecule has 114 valence electrons. The van der Waals surface area contributed by atoms with Crippen LogP contribution in [0.5, 0.6) is 0 Å². The molecule has 0 heterocycles. The van der Waals surface area contributed by atoms with Gasteiger partial charge >= 0.3 is 0 Å². The second kappa shape index (κ2) is 9.02. The Kier molecular flexibility index (Phi) is 7.68. The van der Waals surface area contributed by atoms with Gasteiger partial charge in [-0.3, -0.25) is 4.90 Å². The molecule has 1 aromatic carbocycles. The lowest BCUT2D eigenvalue weighted by atomic mass is 10.1. The minimum Gasteiger partial charge on any atom is -0.384 e. The largest absolute Gasteiger partial charge is 0.384 e. The molecule has 0 aliphatic rings. The fraction of sp³-hybridized carbons (Fsp3) is 0.667. The van der Waals surface area contributed by atoms with Crippen LogP contribution in [0, 0.1) is 12.8 Å². The Morgan fingerprint density at radius 3 is 2.15 bits per heavy atom. The van der Waals surface area contributed by atoms with Gasteiger partial charge < -0.3 is 5.32 Å². The first-order valence-corrected chi connectivity index (χ1v) is 8.11. The molecule has 0 aliphatic carbocycles. The average molecular weight is 276 g/mol. The van der Waals surface area contributed by atoms with Crippen molar-refractivity contribution in [2.24, 2.45) is 5.92 Å². The number of hydrogen-bond acceptors (Lipinski definition) is 2. The molecule has 1 N–H and O–H groups in total. The summed E-state index contributed by atoms with van der Waals surface area (Å²) in [4.78, 5) is 2.64. The van der Waals surface area contributed by atoms with Gasteiger partial charge in [0.1, 0.15) is 0 Å². The highest BCUT2D eigenvalue weighted by atomic mass is 15.2. The van der Waals surface area contributed by atoms with Crippen LogP contribution in [0.2, 0.25) is 0 Å². The summed E-state index contributed by atoms with van der Waals surface area (Å²) in [5, 5.41) is 3.54. The summed E-state index contributed by atoms with van der Waals surface area (Å²) < 4.78 is 0. The zero-order valence-electron chi connectivity index (χ0n) is 13.9. The fourth-order valence-electron chi connectivity index (χ4n) is 2.71. The minimum atomic E-state index is 0.720. The highest BCUT2D eigenvalue weighted by Crippen LogP contribution is 2.12. The van der Waals surface area contributed by atoms with E-state index in [0.717, 1.165) is 25.0 Å². The molecule has 20 heavy (non-hydrogen) atoms. The van der Waals surface area contributed by atoms with Crippen molar-refractivity contribution in [2.45, 2.75) is 53.5 Å². The van der Waals surface area contributed by atoms with E-state index in [9.17, 15) is 0 Å². The molecule has 0 aliphatic heterocycles. The third-order valence-corrected chi connectivity index (χ3v) is 3.84. The zero-order valence-corrected chi connectivity index (χ0v) is 13.9. The van der Waals surface area contributed by atoms with Crippen molar-refractivity contribution < 1.29 is 0 Å². The average Bonchev–Trinajstić information content (AvgIpc) is 2.41. The molecule has 0 radical (unpaired) electrons. The third-order valence-electron chi connectivity index (χ3n) is 3.84. The van der Waals surface area contributed by atoms with Gasteiger partial charge in [-0.1, -0.05) is 45.4 Å². The van der Waals surface area contributed by atoms with E-state index in [-0.39, 0.29) is 0 Å². The van der Waals surface area contributed by atoms with E-state index in [0.29, 0.717) is 0 Å². The predicted molar refractivity (Wildman–Crippen MR) is 90.4 cm³/mol. The Morgan fingerprint density at radius 1 is 1.05 bits per heavy atom. The molecule has 0 spiro atoms. The van der Waals surface area contributed by atoms with Crippen LogP contribution in [0.3, 0.4) is 0 Å². The number of rotatable bonds is 9.